The molecular weight excluding hydrogens is 236 g/mol. The van der Waals surface area contributed by atoms with Crippen molar-refractivity contribution in [1.82, 2.24) is 10.2 Å². The van der Waals surface area contributed by atoms with Gasteiger partial charge in [0.2, 0.25) is 5.89 Å². The van der Waals surface area contributed by atoms with Crippen LogP contribution in [0.1, 0.15) is 24.3 Å². The van der Waals surface area contributed by atoms with Gasteiger partial charge in [-0.3, -0.25) is 0 Å². The Morgan fingerprint density at radius 3 is 2.65 bits per heavy atom. The minimum absolute atomic E-state index is 0.321. The molecule has 0 aliphatic carbocycles. The Balaban J connectivity index is 2.08. The van der Waals surface area contributed by atoms with Gasteiger partial charge in [0.15, 0.2) is 0 Å². The van der Waals surface area contributed by atoms with Crippen molar-refractivity contribution in [2.45, 2.75) is 19.3 Å². The zero-order valence-corrected chi connectivity index (χ0v) is 10.6. The van der Waals surface area contributed by atoms with E-state index >= 15 is 0 Å². The first kappa shape index (κ1) is 11.9. The first-order valence-corrected chi connectivity index (χ1v) is 5.78. The van der Waals surface area contributed by atoms with Crippen LogP contribution in [0.5, 0.6) is 5.75 Å². The maximum Gasteiger partial charge on any atom is 0.284 e. The van der Waals surface area contributed by atoms with E-state index in [1.165, 1.54) is 5.56 Å². The second-order valence-electron chi connectivity index (χ2n) is 3.89. The average molecular weight is 250 g/mol. The Bertz CT molecular complexity index is 530. The molecule has 0 radical (unpaired) electrons. The summed E-state index contributed by atoms with van der Waals surface area (Å²) in [7, 11) is 1.66. The van der Waals surface area contributed by atoms with E-state index in [2.05, 4.69) is 17.1 Å². The molecule has 1 aromatic heterocycles. The van der Waals surface area contributed by atoms with Gasteiger partial charge in [-0.15, -0.1) is 5.10 Å². The van der Waals surface area contributed by atoms with Gasteiger partial charge in [-0.2, -0.15) is 0 Å². The highest BCUT2D eigenvalue weighted by molar-refractivity contribution is 7.71. The molecular formula is C12H14N2O2S. The molecule has 5 heteroatoms. The van der Waals surface area contributed by atoms with Crippen LogP contribution < -0.4 is 4.74 Å². The van der Waals surface area contributed by atoms with E-state index in [4.69, 9.17) is 21.4 Å². The Morgan fingerprint density at radius 2 is 2.12 bits per heavy atom. The van der Waals surface area contributed by atoms with Crippen molar-refractivity contribution in [3.8, 4) is 5.75 Å². The van der Waals surface area contributed by atoms with Crippen LogP contribution in [0.15, 0.2) is 28.7 Å². The molecule has 0 aliphatic rings. The fourth-order valence-electron chi connectivity index (χ4n) is 1.66. The third-order valence-electron chi connectivity index (χ3n) is 2.65. The summed E-state index contributed by atoms with van der Waals surface area (Å²) in [5, 5.41) is 6.62. The van der Waals surface area contributed by atoms with Crippen LogP contribution >= 0.6 is 12.2 Å². The number of methoxy groups -OCH3 is 1. The molecule has 17 heavy (non-hydrogen) atoms. The third kappa shape index (κ3) is 2.94. The van der Waals surface area contributed by atoms with Crippen LogP contribution in [0.4, 0.5) is 0 Å². The number of aromatic nitrogens is 2. The second kappa shape index (κ2) is 5.14. The number of H-pyrrole nitrogens is 1. The summed E-state index contributed by atoms with van der Waals surface area (Å²) < 4.78 is 10.4. The molecule has 0 aliphatic heterocycles. The van der Waals surface area contributed by atoms with Gasteiger partial charge in [-0.1, -0.05) is 19.1 Å². The Hall–Kier alpha value is -1.62. The van der Waals surface area contributed by atoms with E-state index < -0.39 is 0 Å². The quantitative estimate of drug-likeness (QED) is 0.847. The highest BCUT2D eigenvalue weighted by Crippen LogP contribution is 2.22. The van der Waals surface area contributed by atoms with Gasteiger partial charge in [0.1, 0.15) is 5.75 Å². The number of aromatic amines is 1. The molecule has 90 valence electrons. The van der Waals surface area contributed by atoms with E-state index in [0.717, 1.165) is 12.2 Å². The molecule has 0 saturated carbocycles. The fraction of sp³-hybridized carbons (Fsp3) is 0.333. The van der Waals surface area contributed by atoms with Crippen LogP contribution in [0.2, 0.25) is 0 Å². The average Bonchev–Trinajstić information content (AvgIpc) is 2.75. The predicted molar refractivity (Wildman–Crippen MR) is 66.8 cm³/mol. The van der Waals surface area contributed by atoms with Gasteiger partial charge >= 0.3 is 0 Å². The third-order valence-corrected chi connectivity index (χ3v) is 2.82. The van der Waals surface area contributed by atoms with E-state index in [1.807, 2.05) is 24.3 Å². The topological polar surface area (TPSA) is 51.0 Å². The van der Waals surface area contributed by atoms with Gasteiger partial charge in [0.05, 0.1) is 7.11 Å². The molecule has 0 spiro atoms. The standard InChI is InChI=1S/C12H14N2O2S/c1-8(7-11-13-14-12(17)16-11)9-3-5-10(15-2)6-4-9/h3-6,8H,7H2,1-2H3,(H,14,17). The lowest BCUT2D eigenvalue weighted by Gasteiger charge is -2.09. The number of benzene rings is 1. The summed E-state index contributed by atoms with van der Waals surface area (Å²) in [6.45, 7) is 2.12. The Labute approximate surface area is 105 Å². The number of hydrogen-bond acceptors (Lipinski definition) is 4. The minimum atomic E-state index is 0.321. The van der Waals surface area contributed by atoms with Crippen molar-refractivity contribution in [2.24, 2.45) is 0 Å². The van der Waals surface area contributed by atoms with E-state index in [-0.39, 0.29) is 0 Å². The Morgan fingerprint density at radius 1 is 1.41 bits per heavy atom. The highest BCUT2D eigenvalue weighted by atomic mass is 32.1. The summed E-state index contributed by atoms with van der Waals surface area (Å²) in [6.07, 6.45) is 0.722. The van der Waals surface area contributed by atoms with Gasteiger partial charge in [0.25, 0.3) is 4.84 Å². The van der Waals surface area contributed by atoms with Gasteiger partial charge in [-0.25, -0.2) is 5.10 Å². The monoisotopic (exact) mass is 250 g/mol. The number of hydrogen-bond donors (Lipinski definition) is 1. The molecule has 1 atom stereocenters. The van der Waals surface area contributed by atoms with Crippen molar-refractivity contribution in [1.29, 1.82) is 0 Å². The SMILES string of the molecule is COc1ccc(C(C)Cc2n[nH]c(=S)o2)cc1. The molecule has 0 saturated heterocycles. The molecule has 1 aromatic carbocycles. The minimum Gasteiger partial charge on any atom is -0.497 e. The van der Waals surface area contributed by atoms with Crippen LogP contribution in [0, 0.1) is 4.84 Å². The lowest BCUT2D eigenvalue weighted by atomic mass is 9.98. The van der Waals surface area contributed by atoms with Crippen molar-refractivity contribution in [3.63, 3.8) is 0 Å². The summed E-state index contributed by atoms with van der Waals surface area (Å²) in [6, 6.07) is 7.99. The van der Waals surface area contributed by atoms with Crippen molar-refractivity contribution in [2.75, 3.05) is 7.11 Å². The van der Waals surface area contributed by atoms with Crippen LogP contribution in [-0.4, -0.2) is 17.3 Å². The molecule has 0 fully saturated rings. The zero-order chi connectivity index (χ0) is 12.3. The van der Waals surface area contributed by atoms with Crippen LogP contribution in [0.25, 0.3) is 0 Å². The molecule has 2 rings (SSSR count). The van der Waals surface area contributed by atoms with Crippen molar-refractivity contribution >= 4 is 12.2 Å². The van der Waals surface area contributed by atoms with E-state index in [1.54, 1.807) is 7.11 Å². The first-order valence-electron chi connectivity index (χ1n) is 5.37. The Kier molecular flexibility index (Phi) is 3.58. The maximum absolute atomic E-state index is 5.24. The fourth-order valence-corrected chi connectivity index (χ4v) is 1.80. The van der Waals surface area contributed by atoms with E-state index in [9.17, 15) is 0 Å². The largest absolute Gasteiger partial charge is 0.497 e. The smallest absolute Gasteiger partial charge is 0.284 e. The second-order valence-corrected chi connectivity index (χ2v) is 4.26. The summed E-state index contributed by atoms with van der Waals surface area (Å²) in [4.78, 5) is 0.321. The predicted octanol–water partition coefficient (Wildman–Crippen LogP) is 3.09. The number of nitrogens with one attached hydrogen (secondary N) is 1. The molecule has 4 nitrogen and oxygen atoms in total. The van der Waals surface area contributed by atoms with Gasteiger partial charge in [0, 0.05) is 6.42 Å². The van der Waals surface area contributed by atoms with Crippen molar-refractivity contribution < 1.29 is 9.15 Å². The number of rotatable bonds is 4. The summed E-state index contributed by atoms with van der Waals surface area (Å²) in [5.41, 5.74) is 1.22. The van der Waals surface area contributed by atoms with Gasteiger partial charge in [-0.05, 0) is 35.8 Å². The summed E-state index contributed by atoms with van der Waals surface area (Å²) >= 11 is 4.83. The highest BCUT2D eigenvalue weighted by Gasteiger charge is 2.10. The molecule has 1 N–H and O–H groups in total. The molecule has 1 heterocycles. The van der Waals surface area contributed by atoms with Crippen LogP contribution in [0.3, 0.4) is 0 Å². The van der Waals surface area contributed by atoms with Gasteiger partial charge < -0.3 is 9.15 Å². The summed E-state index contributed by atoms with van der Waals surface area (Å²) in [5.74, 6) is 1.82. The molecule has 2 aromatic rings. The zero-order valence-electron chi connectivity index (χ0n) is 9.77. The lowest BCUT2D eigenvalue weighted by Crippen LogP contribution is -1.99. The lowest BCUT2D eigenvalue weighted by molar-refractivity contribution is 0.414. The van der Waals surface area contributed by atoms with Crippen molar-refractivity contribution in [3.05, 3.63) is 40.6 Å². The number of ether oxygens (including phenoxy) is 1. The van der Waals surface area contributed by atoms with E-state index in [0.29, 0.717) is 16.6 Å². The van der Waals surface area contributed by atoms with Crippen LogP contribution in [-0.2, 0) is 6.42 Å². The maximum atomic E-state index is 5.24. The molecule has 0 amide bonds. The molecule has 0 bridgehead atoms. The number of nitrogens with zero attached hydrogens (tertiary/aromatic N) is 1. The molecule has 1 unspecified atom stereocenters. The first-order chi connectivity index (χ1) is 8.19. The normalized spacial score (nSPS) is 12.4.